The van der Waals surface area contributed by atoms with Gasteiger partial charge in [-0.25, -0.2) is 9.97 Å². The topological polar surface area (TPSA) is 75.1 Å². The number of carboxylic acid groups (broad SMARTS) is 1. The van der Waals surface area contributed by atoms with Crippen molar-refractivity contribution in [2.75, 3.05) is 11.9 Å². The zero-order chi connectivity index (χ0) is 14.5. The van der Waals surface area contributed by atoms with Crippen molar-refractivity contribution in [1.82, 2.24) is 9.97 Å². The van der Waals surface area contributed by atoms with Crippen LogP contribution >= 0.6 is 11.3 Å². The summed E-state index contributed by atoms with van der Waals surface area (Å²) in [6, 6.07) is 2.13. The number of aryl methyl sites for hydroxylation is 1. The Labute approximate surface area is 122 Å². The van der Waals surface area contributed by atoms with Crippen LogP contribution in [-0.2, 0) is 11.2 Å². The van der Waals surface area contributed by atoms with Gasteiger partial charge in [-0.3, -0.25) is 4.79 Å². The van der Waals surface area contributed by atoms with Crippen molar-refractivity contribution in [2.45, 2.75) is 33.1 Å². The minimum atomic E-state index is -0.736. The van der Waals surface area contributed by atoms with Crippen LogP contribution in [0.2, 0.25) is 0 Å². The van der Waals surface area contributed by atoms with E-state index in [0.29, 0.717) is 6.42 Å². The molecule has 20 heavy (non-hydrogen) atoms. The summed E-state index contributed by atoms with van der Waals surface area (Å²) < 4.78 is 0. The highest BCUT2D eigenvalue weighted by molar-refractivity contribution is 7.18. The Bertz CT molecular complexity index is 597. The molecule has 2 heterocycles. The van der Waals surface area contributed by atoms with Gasteiger partial charge in [0.15, 0.2) is 0 Å². The third-order valence-electron chi connectivity index (χ3n) is 3.26. The molecule has 5 nitrogen and oxygen atoms in total. The fourth-order valence-corrected chi connectivity index (χ4v) is 2.89. The highest BCUT2D eigenvalue weighted by Crippen LogP contribution is 2.28. The molecule has 2 rings (SSSR count). The van der Waals surface area contributed by atoms with Crippen LogP contribution in [0.1, 0.15) is 31.6 Å². The third kappa shape index (κ3) is 3.45. The second-order valence-electron chi connectivity index (χ2n) is 4.82. The molecule has 0 radical (unpaired) electrons. The smallest absolute Gasteiger partial charge is 0.306 e. The monoisotopic (exact) mass is 293 g/mol. The molecule has 0 aromatic carbocycles. The molecule has 2 aromatic heterocycles. The van der Waals surface area contributed by atoms with Gasteiger partial charge in [-0.1, -0.05) is 13.8 Å². The molecule has 6 heteroatoms. The highest BCUT2D eigenvalue weighted by atomic mass is 32.1. The summed E-state index contributed by atoms with van der Waals surface area (Å²) in [5, 5.41) is 13.2. The van der Waals surface area contributed by atoms with Crippen LogP contribution in [0.25, 0.3) is 10.2 Å². The highest BCUT2D eigenvalue weighted by Gasteiger charge is 2.11. The first-order chi connectivity index (χ1) is 9.61. The van der Waals surface area contributed by atoms with E-state index in [4.69, 9.17) is 5.11 Å². The van der Waals surface area contributed by atoms with E-state index in [1.54, 1.807) is 24.6 Å². The molecule has 2 aromatic rings. The van der Waals surface area contributed by atoms with Crippen molar-refractivity contribution < 1.29 is 9.90 Å². The minimum Gasteiger partial charge on any atom is -0.481 e. The van der Waals surface area contributed by atoms with E-state index in [-0.39, 0.29) is 5.92 Å². The van der Waals surface area contributed by atoms with Gasteiger partial charge < -0.3 is 10.4 Å². The zero-order valence-corrected chi connectivity index (χ0v) is 12.5. The molecule has 0 aliphatic carbocycles. The second kappa shape index (κ2) is 6.65. The summed E-state index contributed by atoms with van der Waals surface area (Å²) in [5.74, 6) is -0.191. The molecule has 0 aliphatic heterocycles. The van der Waals surface area contributed by atoms with E-state index < -0.39 is 5.97 Å². The average Bonchev–Trinajstić information content (AvgIpc) is 2.86. The first kappa shape index (κ1) is 14.7. The number of hydrogen-bond acceptors (Lipinski definition) is 5. The van der Waals surface area contributed by atoms with Crippen LogP contribution in [-0.4, -0.2) is 27.6 Å². The van der Waals surface area contributed by atoms with Crippen molar-refractivity contribution in [3.63, 3.8) is 0 Å². The molecular formula is C14H19N3O2S. The maximum absolute atomic E-state index is 10.7. The third-order valence-corrected chi connectivity index (χ3v) is 4.44. The summed E-state index contributed by atoms with van der Waals surface area (Å²) >= 11 is 1.69. The van der Waals surface area contributed by atoms with E-state index in [2.05, 4.69) is 28.3 Å². The van der Waals surface area contributed by atoms with E-state index in [1.807, 2.05) is 0 Å². The number of thiophene rings is 1. The summed E-state index contributed by atoms with van der Waals surface area (Å²) in [7, 11) is 0. The number of nitrogens with zero attached hydrogens (tertiary/aromatic N) is 2. The molecule has 0 aliphatic rings. The summed E-state index contributed by atoms with van der Waals surface area (Å²) in [4.78, 5) is 21.6. The number of anilines is 1. The first-order valence-electron chi connectivity index (χ1n) is 6.82. The Morgan fingerprint density at radius 2 is 2.30 bits per heavy atom. The predicted molar refractivity (Wildman–Crippen MR) is 81.3 cm³/mol. The number of aliphatic carboxylic acids is 1. The van der Waals surface area contributed by atoms with Gasteiger partial charge in [-0.05, 0) is 25.3 Å². The number of aromatic nitrogens is 2. The maximum Gasteiger partial charge on any atom is 0.306 e. The van der Waals surface area contributed by atoms with Gasteiger partial charge in [0.25, 0.3) is 0 Å². The Hall–Kier alpha value is -1.69. The van der Waals surface area contributed by atoms with E-state index in [9.17, 15) is 4.79 Å². The van der Waals surface area contributed by atoms with Crippen LogP contribution in [0.5, 0.6) is 0 Å². The maximum atomic E-state index is 10.7. The minimum absolute atomic E-state index is 0.296. The van der Waals surface area contributed by atoms with Gasteiger partial charge >= 0.3 is 5.97 Å². The summed E-state index contributed by atoms with van der Waals surface area (Å²) in [6.07, 6.45) is 4.04. The largest absolute Gasteiger partial charge is 0.481 e. The van der Waals surface area contributed by atoms with Crippen molar-refractivity contribution in [1.29, 1.82) is 0 Å². The Morgan fingerprint density at radius 1 is 1.50 bits per heavy atom. The lowest BCUT2D eigenvalue weighted by molar-refractivity contribution is -0.141. The summed E-state index contributed by atoms with van der Waals surface area (Å²) in [5.41, 5.74) is 0. The van der Waals surface area contributed by atoms with Crippen LogP contribution in [0.15, 0.2) is 12.4 Å². The Balaban J connectivity index is 1.96. The molecule has 0 spiro atoms. The number of carbonyl (C=O) groups is 1. The zero-order valence-electron chi connectivity index (χ0n) is 11.7. The molecule has 0 fully saturated rings. The Morgan fingerprint density at radius 3 is 3.00 bits per heavy atom. The molecule has 2 N–H and O–H groups in total. The molecule has 0 saturated carbocycles. The number of hydrogen-bond donors (Lipinski definition) is 2. The lowest BCUT2D eigenvalue weighted by Crippen LogP contribution is -2.12. The first-order valence-corrected chi connectivity index (χ1v) is 7.63. The molecule has 0 saturated heterocycles. The van der Waals surface area contributed by atoms with Gasteiger partial charge in [0, 0.05) is 11.4 Å². The number of carboxylic acids is 1. The van der Waals surface area contributed by atoms with Crippen molar-refractivity contribution in [2.24, 2.45) is 5.92 Å². The lowest BCUT2D eigenvalue weighted by Gasteiger charge is -2.08. The lowest BCUT2D eigenvalue weighted by atomic mass is 10.1. The molecule has 1 atom stereocenters. The van der Waals surface area contributed by atoms with Gasteiger partial charge in [0.2, 0.25) is 0 Å². The van der Waals surface area contributed by atoms with Crippen molar-refractivity contribution in [3.8, 4) is 0 Å². The van der Waals surface area contributed by atoms with Gasteiger partial charge in [0.1, 0.15) is 17.0 Å². The van der Waals surface area contributed by atoms with Crippen LogP contribution in [0.3, 0.4) is 0 Å². The van der Waals surface area contributed by atoms with Crippen molar-refractivity contribution >= 4 is 33.3 Å². The number of fused-ring (bicyclic) bond motifs is 1. The molecular weight excluding hydrogens is 274 g/mol. The standard InChI is InChI=1S/C14H19N3O2S/c1-3-10-7-11-12(16-8-17-13(11)20-10)15-6-4-5-9(2)14(18)19/h7-9H,3-6H2,1-2H3,(H,18,19)(H,15,16,17). The number of nitrogens with one attached hydrogen (secondary N) is 1. The SMILES string of the molecule is CCc1cc2c(NCCCC(C)C(=O)O)ncnc2s1. The quantitative estimate of drug-likeness (QED) is 0.767. The molecule has 108 valence electrons. The number of rotatable bonds is 7. The van der Waals surface area contributed by atoms with E-state index >= 15 is 0 Å². The van der Waals surface area contributed by atoms with Gasteiger partial charge in [-0.15, -0.1) is 11.3 Å². The van der Waals surface area contributed by atoms with Gasteiger partial charge in [-0.2, -0.15) is 0 Å². The average molecular weight is 293 g/mol. The fraction of sp³-hybridized carbons (Fsp3) is 0.500. The van der Waals surface area contributed by atoms with Crippen LogP contribution in [0.4, 0.5) is 5.82 Å². The Kier molecular flexibility index (Phi) is 4.89. The normalized spacial score (nSPS) is 12.5. The predicted octanol–water partition coefficient (Wildman–Crippen LogP) is 3.17. The van der Waals surface area contributed by atoms with Crippen LogP contribution < -0.4 is 5.32 Å². The van der Waals surface area contributed by atoms with Crippen LogP contribution in [0, 0.1) is 5.92 Å². The second-order valence-corrected chi connectivity index (χ2v) is 5.93. The van der Waals surface area contributed by atoms with E-state index in [1.165, 1.54) is 4.88 Å². The molecule has 0 bridgehead atoms. The summed E-state index contributed by atoms with van der Waals surface area (Å²) in [6.45, 7) is 4.58. The molecule has 1 unspecified atom stereocenters. The fourth-order valence-electron chi connectivity index (χ4n) is 1.96. The van der Waals surface area contributed by atoms with Gasteiger partial charge in [0.05, 0.1) is 11.3 Å². The van der Waals surface area contributed by atoms with Crippen molar-refractivity contribution in [3.05, 3.63) is 17.3 Å². The molecule has 0 amide bonds. The van der Waals surface area contributed by atoms with E-state index in [0.717, 1.165) is 35.4 Å².